The van der Waals surface area contributed by atoms with Gasteiger partial charge < -0.3 is 0 Å². The van der Waals surface area contributed by atoms with Gasteiger partial charge in [-0.1, -0.05) is 0 Å². The van der Waals surface area contributed by atoms with Gasteiger partial charge in [-0.2, -0.15) is 0 Å². The van der Waals surface area contributed by atoms with Crippen molar-refractivity contribution in [3.05, 3.63) is 113 Å². The summed E-state index contributed by atoms with van der Waals surface area (Å²) in [6.07, 6.45) is 3.06. The number of carbonyl (C=O) groups excluding carboxylic acids is 1. The maximum absolute atomic E-state index is 13.6. The summed E-state index contributed by atoms with van der Waals surface area (Å²) in [5.74, 6) is 2.34. The van der Waals surface area contributed by atoms with Crippen molar-refractivity contribution in [2.75, 3.05) is 27.9 Å². The predicted octanol–water partition coefficient (Wildman–Crippen LogP) is 4.57. The molecular formula is C34H32N2O4Se. The Labute approximate surface area is 246 Å². The molecule has 1 aromatic heterocycles. The maximum atomic E-state index is 13.6. The molecule has 208 valence electrons. The fourth-order valence-corrected chi connectivity index (χ4v) is 7.61. The number of hydrogen-bond donors (Lipinski definition) is 0. The topological polar surface area (TPSA) is 52.9 Å². The summed E-state index contributed by atoms with van der Waals surface area (Å²) >= 11 is 0.0411. The number of para-hydroxylation sites is 1. The van der Waals surface area contributed by atoms with Crippen LogP contribution >= 0.6 is 0 Å². The average molecular weight is 612 g/mol. The van der Waals surface area contributed by atoms with Crippen LogP contribution in [0.15, 0.2) is 91.1 Å². The van der Waals surface area contributed by atoms with Crippen molar-refractivity contribution in [3.63, 3.8) is 0 Å². The fourth-order valence-electron chi connectivity index (χ4n) is 5.41. The van der Waals surface area contributed by atoms with Crippen molar-refractivity contribution in [2.45, 2.75) is 19.5 Å². The van der Waals surface area contributed by atoms with Gasteiger partial charge in [0.2, 0.25) is 0 Å². The van der Waals surface area contributed by atoms with Crippen molar-refractivity contribution in [2.24, 2.45) is 0 Å². The van der Waals surface area contributed by atoms with Gasteiger partial charge in [0.25, 0.3) is 0 Å². The standard InChI is InChI=1S/C34H32N2O4Se/c1-38-27-13-11-23(12-14-27)20-36-22-33(29-9-4-5-10-30(29)36)41-28-8-6-7-25(17-28)34(37)35-16-15-24-18-31(39-2)32(40-3)19-26(24)21-35/h4-14,17-19,22H,15-16,20-21H2,1-3H3. The van der Waals surface area contributed by atoms with E-state index in [1.165, 1.54) is 31.0 Å². The van der Waals surface area contributed by atoms with Crippen LogP contribution in [0.1, 0.15) is 27.0 Å². The summed E-state index contributed by atoms with van der Waals surface area (Å²) in [5.41, 5.74) is 5.47. The first-order valence-electron chi connectivity index (χ1n) is 13.6. The molecule has 1 aliphatic rings. The van der Waals surface area contributed by atoms with E-state index in [1.54, 1.807) is 21.3 Å². The SMILES string of the molecule is COc1ccc(Cn2cc([Se]c3cccc(C(=O)N4CCc5cc(OC)c(OC)cc5C4)c3)c3ccccc32)cc1. The third-order valence-corrected chi connectivity index (χ3v) is 9.75. The zero-order chi connectivity index (χ0) is 28.3. The molecule has 4 aromatic carbocycles. The van der Waals surface area contributed by atoms with E-state index in [0.717, 1.165) is 35.6 Å². The summed E-state index contributed by atoms with van der Waals surface area (Å²) in [6.45, 7) is 2.02. The van der Waals surface area contributed by atoms with Crippen LogP contribution in [-0.4, -0.2) is 58.2 Å². The van der Waals surface area contributed by atoms with Crippen LogP contribution < -0.4 is 23.1 Å². The van der Waals surface area contributed by atoms with Gasteiger partial charge >= 0.3 is 247 Å². The van der Waals surface area contributed by atoms with Crippen molar-refractivity contribution in [1.82, 2.24) is 9.47 Å². The van der Waals surface area contributed by atoms with Gasteiger partial charge in [-0.05, 0) is 0 Å². The number of rotatable bonds is 8. The normalized spacial score (nSPS) is 12.7. The van der Waals surface area contributed by atoms with Gasteiger partial charge in [0.1, 0.15) is 0 Å². The zero-order valence-electron chi connectivity index (χ0n) is 23.4. The Kier molecular flexibility index (Phi) is 7.73. The molecular weight excluding hydrogens is 579 g/mol. The first kappa shape index (κ1) is 27.0. The molecule has 6 nitrogen and oxygen atoms in total. The van der Waals surface area contributed by atoms with Gasteiger partial charge in [0.05, 0.1) is 0 Å². The molecule has 0 atom stereocenters. The molecule has 0 unspecified atom stereocenters. The molecule has 41 heavy (non-hydrogen) atoms. The van der Waals surface area contributed by atoms with Crippen molar-refractivity contribution in [1.29, 1.82) is 0 Å². The van der Waals surface area contributed by atoms with E-state index in [2.05, 4.69) is 59.3 Å². The van der Waals surface area contributed by atoms with E-state index in [4.69, 9.17) is 14.2 Å². The molecule has 1 amide bonds. The molecule has 7 heteroatoms. The van der Waals surface area contributed by atoms with E-state index in [9.17, 15) is 4.79 Å². The molecule has 0 spiro atoms. The molecule has 0 saturated carbocycles. The van der Waals surface area contributed by atoms with Crippen LogP contribution in [0, 0.1) is 0 Å². The first-order valence-corrected chi connectivity index (χ1v) is 15.3. The van der Waals surface area contributed by atoms with Crippen molar-refractivity contribution < 1.29 is 19.0 Å². The molecule has 0 aliphatic carbocycles. The van der Waals surface area contributed by atoms with Gasteiger partial charge in [0.15, 0.2) is 0 Å². The van der Waals surface area contributed by atoms with E-state index < -0.39 is 0 Å². The predicted molar refractivity (Wildman–Crippen MR) is 163 cm³/mol. The molecule has 0 saturated heterocycles. The minimum absolute atomic E-state index is 0.0411. The van der Waals surface area contributed by atoms with E-state index in [-0.39, 0.29) is 20.9 Å². The molecule has 0 radical (unpaired) electrons. The number of aromatic nitrogens is 1. The van der Waals surface area contributed by atoms with Crippen molar-refractivity contribution in [3.8, 4) is 17.2 Å². The molecule has 0 N–H and O–H groups in total. The Morgan fingerprint density at radius 3 is 2.34 bits per heavy atom. The fraction of sp³-hybridized carbons (Fsp3) is 0.206. The third-order valence-electron chi connectivity index (χ3n) is 7.58. The number of ether oxygens (including phenoxy) is 3. The van der Waals surface area contributed by atoms with Crippen LogP contribution in [0.25, 0.3) is 10.9 Å². The second-order valence-electron chi connectivity index (χ2n) is 10.1. The third kappa shape index (κ3) is 5.56. The molecule has 0 bridgehead atoms. The van der Waals surface area contributed by atoms with Gasteiger partial charge in [0, 0.05) is 0 Å². The molecule has 0 fully saturated rings. The van der Waals surface area contributed by atoms with Gasteiger partial charge in [-0.15, -0.1) is 0 Å². The number of fused-ring (bicyclic) bond motifs is 2. The summed E-state index contributed by atoms with van der Waals surface area (Å²) < 4.78 is 21.1. The number of benzene rings is 4. The monoisotopic (exact) mass is 612 g/mol. The Hall–Kier alpha value is -4.19. The van der Waals surface area contributed by atoms with Crippen LogP contribution in [0.4, 0.5) is 0 Å². The van der Waals surface area contributed by atoms with E-state index in [1.807, 2.05) is 41.3 Å². The summed E-state index contributed by atoms with van der Waals surface area (Å²) in [4.78, 5) is 15.6. The molecule has 1 aliphatic heterocycles. The number of carbonyl (C=O) groups is 1. The second kappa shape index (κ2) is 11.7. The van der Waals surface area contributed by atoms with Gasteiger partial charge in [-0.25, -0.2) is 0 Å². The molecule has 2 heterocycles. The number of nitrogens with zero attached hydrogens (tertiary/aromatic N) is 2. The average Bonchev–Trinajstić information content (AvgIpc) is 3.36. The molecule has 5 aromatic rings. The molecule has 6 rings (SSSR count). The van der Waals surface area contributed by atoms with Gasteiger partial charge in [-0.3, -0.25) is 0 Å². The quantitative estimate of drug-likeness (QED) is 0.242. The number of hydrogen-bond acceptors (Lipinski definition) is 4. The van der Waals surface area contributed by atoms with Crippen LogP contribution in [0.3, 0.4) is 0 Å². The van der Waals surface area contributed by atoms with E-state index in [0.29, 0.717) is 18.8 Å². The Balaban J connectivity index is 1.22. The Bertz CT molecular complexity index is 1710. The second-order valence-corrected chi connectivity index (χ2v) is 12.4. The van der Waals surface area contributed by atoms with Crippen LogP contribution in [0.5, 0.6) is 17.2 Å². The number of amides is 1. The number of methoxy groups -OCH3 is 3. The zero-order valence-corrected chi connectivity index (χ0v) is 25.1. The Morgan fingerprint density at radius 2 is 1.59 bits per heavy atom. The summed E-state index contributed by atoms with van der Waals surface area (Å²) in [6, 6.07) is 29.0. The first-order chi connectivity index (χ1) is 20.1. The van der Waals surface area contributed by atoms with Crippen molar-refractivity contribution >= 4 is 40.7 Å². The van der Waals surface area contributed by atoms with Crippen LogP contribution in [0.2, 0.25) is 0 Å². The van der Waals surface area contributed by atoms with E-state index >= 15 is 0 Å². The van der Waals surface area contributed by atoms with Crippen LogP contribution in [-0.2, 0) is 19.5 Å². The minimum atomic E-state index is 0.0411. The summed E-state index contributed by atoms with van der Waals surface area (Å²) in [5, 5.41) is 1.26. The Morgan fingerprint density at radius 1 is 0.829 bits per heavy atom. The summed E-state index contributed by atoms with van der Waals surface area (Å²) in [7, 11) is 4.97.